The Bertz CT molecular complexity index is 675. The van der Waals surface area contributed by atoms with Gasteiger partial charge in [-0.3, -0.25) is 14.7 Å². The Morgan fingerprint density at radius 1 is 1.44 bits per heavy atom. The van der Waals surface area contributed by atoms with Crippen LogP contribution in [-0.2, 0) is 0 Å². The van der Waals surface area contributed by atoms with Gasteiger partial charge in [0.15, 0.2) is 0 Å². The molecule has 0 atom stereocenters. The Labute approximate surface area is 98.9 Å². The van der Waals surface area contributed by atoms with E-state index in [4.69, 9.17) is 5.26 Å². The molecule has 90 valence electrons. The van der Waals surface area contributed by atoms with Crippen molar-refractivity contribution in [3.05, 3.63) is 52.1 Å². The Balaban J connectivity index is 2.79. The molecule has 6 nitrogen and oxygen atoms in total. The maximum absolute atomic E-state index is 13.4. The molecule has 8 heteroatoms. The van der Waals surface area contributed by atoms with Crippen LogP contribution in [0.3, 0.4) is 0 Å². The van der Waals surface area contributed by atoms with Crippen molar-refractivity contribution in [2.24, 2.45) is 0 Å². The van der Waals surface area contributed by atoms with E-state index in [0.717, 1.165) is 10.6 Å². The number of nitriles is 1. The number of benzene rings is 1. The molecule has 0 bridgehead atoms. The van der Waals surface area contributed by atoms with Gasteiger partial charge in [-0.05, 0) is 0 Å². The molecule has 18 heavy (non-hydrogen) atoms. The quantitative estimate of drug-likeness (QED) is 0.602. The highest BCUT2D eigenvalue weighted by molar-refractivity contribution is 5.54. The first-order valence-electron chi connectivity index (χ1n) is 4.62. The van der Waals surface area contributed by atoms with Crippen molar-refractivity contribution < 1.29 is 13.7 Å². The summed E-state index contributed by atoms with van der Waals surface area (Å²) in [7, 11) is 0. The molecule has 2 aromatic rings. The first kappa shape index (κ1) is 11.7. The Morgan fingerprint density at radius 3 is 2.78 bits per heavy atom. The summed E-state index contributed by atoms with van der Waals surface area (Å²) in [5.41, 5.74) is -1.29. The van der Waals surface area contributed by atoms with Crippen LogP contribution in [0.4, 0.5) is 14.5 Å². The first-order chi connectivity index (χ1) is 8.54. The molecule has 0 unspecified atom stereocenters. The molecular formula is C10H4F2N4O2. The number of nitro groups is 1. The molecule has 1 aromatic carbocycles. The van der Waals surface area contributed by atoms with Crippen molar-refractivity contribution >= 4 is 5.69 Å². The van der Waals surface area contributed by atoms with Crippen molar-refractivity contribution in [3.63, 3.8) is 0 Å². The van der Waals surface area contributed by atoms with Crippen molar-refractivity contribution in [3.8, 4) is 11.8 Å². The molecule has 1 heterocycles. The van der Waals surface area contributed by atoms with Gasteiger partial charge in [0.25, 0.3) is 0 Å². The smallest absolute Gasteiger partial charge is 0.285 e. The van der Waals surface area contributed by atoms with Crippen molar-refractivity contribution in [1.29, 1.82) is 5.26 Å². The van der Waals surface area contributed by atoms with Gasteiger partial charge in [-0.25, -0.2) is 9.37 Å². The number of aromatic nitrogens is 2. The topological polar surface area (TPSA) is 84.8 Å². The monoisotopic (exact) mass is 250 g/mol. The average molecular weight is 250 g/mol. The van der Waals surface area contributed by atoms with Crippen LogP contribution < -0.4 is 0 Å². The van der Waals surface area contributed by atoms with E-state index in [1.54, 1.807) is 6.07 Å². The zero-order chi connectivity index (χ0) is 13.3. The average Bonchev–Trinajstić information content (AvgIpc) is 2.74. The molecule has 0 fully saturated rings. The summed E-state index contributed by atoms with van der Waals surface area (Å²) in [5.74, 6) is -2.50. The van der Waals surface area contributed by atoms with Crippen LogP contribution >= 0.6 is 0 Å². The van der Waals surface area contributed by atoms with E-state index >= 15 is 0 Å². The summed E-state index contributed by atoms with van der Waals surface area (Å²) in [4.78, 5) is 13.4. The largest absolute Gasteiger partial charge is 0.328 e. The number of halogens is 2. The van der Waals surface area contributed by atoms with Crippen LogP contribution in [0, 0.1) is 33.1 Å². The summed E-state index contributed by atoms with van der Waals surface area (Å²) in [6.45, 7) is 0. The lowest BCUT2D eigenvalue weighted by Crippen LogP contribution is -2.04. The Kier molecular flexibility index (Phi) is 2.73. The fraction of sp³-hybridized carbons (Fsp3) is 0. The molecule has 2 rings (SSSR count). The highest BCUT2D eigenvalue weighted by Gasteiger charge is 2.24. The minimum Gasteiger partial charge on any atom is -0.285 e. The number of nitrogens with zero attached hydrogens (tertiary/aromatic N) is 4. The summed E-state index contributed by atoms with van der Waals surface area (Å²) >= 11 is 0. The Hall–Kier alpha value is -2.82. The predicted octanol–water partition coefficient (Wildman–Crippen LogP) is 1.93. The van der Waals surface area contributed by atoms with Gasteiger partial charge in [0, 0.05) is 24.5 Å². The summed E-state index contributed by atoms with van der Waals surface area (Å²) in [6.07, 6.45) is 2.41. The van der Waals surface area contributed by atoms with Crippen LogP contribution in [0.15, 0.2) is 24.5 Å². The molecule has 0 aliphatic carbocycles. The third kappa shape index (κ3) is 1.78. The van der Waals surface area contributed by atoms with Crippen LogP contribution in [0.1, 0.15) is 5.82 Å². The van der Waals surface area contributed by atoms with E-state index in [1.165, 1.54) is 12.4 Å². The van der Waals surface area contributed by atoms with E-state index in [0.29, 0.717) is 6.07 Å². The lowest BCUT2D eigenvalue weighted by Gasteiger charge is -2.05. The maximum atomic E-state index is 13.4. The zero-order valence-corrected chi connectivity index (χ0v) is 8.67. The number of nitro benzene ring substituents is 1. The van der Waals surface area contributed by atoms with E-state index in [-0.39, 0.29) is 11.5 Å². The molecule has 0 aliphatic rings. The molecule has 0 saturated carbocycles. The molecule has 0 saturated heterocycles. The SMILES string of the molecule is N#Cc1nccn1-c1cc(F)cc(F)c1[N+](=O)[O-]. The summed E-state index contributed by atoms with van der Waals surface area (Å²) < 4.78 is 27.5. The van der Waals surface area contributed by atoms with Crippen LogP contribution in [0.25, 0.3) is 5.69 Å². The number of imidazole rings is 1. The van der Waals surface area contributed by atoms with Gasteiger partial charge >= 0.3 is 5.69 Å². The lowest BCUT2D eigenvalue weighted by molar-refractivity contribution is -0.387. The third-order valence-corrected chi connectivity index (χ3v) is 2.19. The van der Waals surface area contributed by atoms with E-state index < -0.39 is 22.2 Å². The van der Waals surface area contributed by atoms with Crippen LogP contribution in [-0.4, -0.2) is 14.5 Å². The van der Waals surface area contributed by atoms with Crippen molar-refractivity contribution in [1.82, 2.24) is 9.55 Å². The molecular weight excluding hydrogens is 246 g/mol. The standard InChI is InChI=1S/C10H4F2N4O2/c11-6-3-7(12)10(16(17)18)8(4-6)15-2-1-14-9(15)5-13/h1-4H. The van der Waals surface area contributed by atoms with E-state index in [9.17, 15) is 18.9 Å². The highest BCUT2D eigenvalue weighted by Crippen LogP contribution is 2.28. The second-order valence-corrected chi connectivity index (χ2v) is 3.25. The van der Waals surface area contributed by atoms with Gasteiger partial charge in [-0.1, -0.05) is 0 Å². The van der Waals surface area contributed by atoms with Gasteiger partial charge in [-0.15, -0.1) is 0 Å². The zero-order valence-electron chi connectivity index (χ0n) is 8.67. The van der Waals surface area contributed by atoms with Crippen molar-refractivity contribution in [2.75, 3.05) is 0 Å². The highest BCUT2D eigenvalue weighted by atomic mass is 19.1. The Morgan fingerprint density at radius 2 is 2.17 bits per heavy atom. The number of hydrogen-bond donors (Lipinski definition) is 0. The fourth-order valence-corrected chi connectivity index (χ4v) is 1.50. The molecule has 0 radical (unpaired) electrons. The van der Waals surface area contributed by atoms with Gasteiger partial charge < -0.3 is 0 Å². The van der Waals surface area contributed by atoms with Gasteiger partial charge in [0.1, 0.15) is 17.6 Å². The fourth-order valence-electron chi connectivity index (χ4n) is 1.50. The molecule has 1 aromatic heterocycles. The van der Waals surface area contributed by atoms with Crippen LogP contribution in [0.5, 0.6) is 0 Å². The molecule has 0 aliphatic heterocycles. The van der Waals surface area contributed by atoms with Crippen molar-refractivity contribution in [2.45, 2.75) is 0 Å². The normalized spacial score (nSPS) is 10.1. The summed E-state index contributed by atoms with van der Waals surface area (Å²) in [5, 5.41) is 19.5. The van der Waals surface area contributed by atoms with Gasteiger partial charge in [0.05, 0.1) is 4.92 Å². The van der Waals surface area contributed by atoms with E-state index in [1.807, 2.05) is 0 Å². The minimum absolute atomic E-state index is 0.205. The minimum atomic E-state index is -1.31. The third-order valence-electron chi connectivity index (χ3n) is 2.19. The molecule has 0 spiro atoms. The van der Waals surface area contributed by atoms with Gasteiger partial charge in [0.2, 0.25) is 11.6 Å². The predicted molar refractivity (Wildman–Crippen MR) is 54.8 cm³/mol. The maximum Gasteiger partial charge on any atom is 0.328 e. The van der Waals surface area contributed by atoms with E-state index in [2.05, 4.69) is 4.98 Å². The lowest BCUT2D eigenvalue weighted by atomic mass is 10.2. The van der Waals surface area contributed by atoms with Crippen LogP contribution in [0.2, 0.25) is 0 Å². The number of rotatable bonds is 2. The van der Waals surface area contributed by atoms with Gasteiger partial charge in [-0.2, -0.15) is 9.65 Å². The second kappa shape index (κ2) is 4.21. The summed E-state index contributed by atoms with van der Waals surface area (Å²) in [6, 6.07) is 2.84. The first-order valence-corrected chi connectivity index (χ1v) is 4.62. The number of hydrogen-bond acceptors (Lipinski definition) is 4. The molecule has 0 N–H and O–H groups in total. The second-order valence-electron chi connectivity index (χ2n) is 3.25. The molecule has 0 amide bonds.